The number of nitrogens with one attached hydrogen (secondary N) is 2. The standard InChI is InChI=1S/C18H20N6O2S/c1-9-3-2-4-10(5-9)27-7-12(19)16(25)17(26)13(20)11-6-22-15-14(11)23-8-24-18(15)21/h2-6,8,11,16-17,19-20,25-26H,7H2,1H3,(H2,21,23,24)/t11?,16-,17+/m0/s1. The second kappa shape index (κ2) is 7.95. The molecule has 3 rings (SSSR count). The van der Waals surface area contributed by atoms with Gasteiger partial charge in [-0.1, -0.05) is 17.7 Å². The quantitative estimate of drug-likeness (QED) is 0.362. The largest absolute Gasteiger partial charge is 0.384 e. The Morgan fingerprint density at radius 1 is 1.26 bits per heavy atom. The monoisotopic (exact) mass is 384 g/mol. The highest BCUT2D eigenvalue weighted by Crippen LogP contribution is 2.35. The average Bonchev–Trinajstić information content (AvgIpc) is 3.10. The Balaban J connectivity index is 1.64. The Bertz CT molecular complexity index is 916. The number of aryl methyl sites for hydroxylation is 1. The van der Waals surface area contributed by atoms with Crippen molar-refractivity contribution in [2.75, 3.05) is 11.5 Å². The van der Waals surface area contributed by atoms with Crippen LogP contribution in [0.4, 0.5) is 11.5 Å². The molecule has 0 saturated carbocycles. The highest BCUT2D eigenvalue weighted by atomic mass is 32.2. The van der Waals surface area contributed by atoms with Crippen LogP contribution in [0.3, 0.4) is 0 Å². The number of nitrogens with two attached hydrogens (primary N) is 1. The van der Waals surface area contributed by atoms with E-state index in [-0.39, 0.29) is 23.0 Å². The van der Waals surface area contributed by atoms with Crippen LogP contribution in [0.5, 0.6) is 0 Å². The Morgan fingerprint density at radius 3 is 2.78 bits per heavy atom. The van der Waals surface area contributed by atoms with Crippen LogP contribution in [-0.2, 0) is 0 Å². The van der Waals surface area contributed by atoms with Crippen LogP contribution in [0.2, 0.25) is 0 Å². The molecule has 0 radical (unpaired) electrons. The second-order valence-electron chi connectivity index (χ2n) is 6.22. The van der Waals surface area contributed by atoms with Gasteiger partial charge in [-0.2, -0.15) is 0 Å². The first kappa shape index (κ1) is 19.2. The first-order chi connectivity index (χ1) is 12.9. The molecule has 1 unspecified atom stereocenters. The number of aliphatic hydroxyl groups excluding tert-OH is 2. The number of nitrogens with zero attached hydrogens (tertiary/aromatic N) is 3. The number of aliphatic hydroxyl groups is 2. The van der Waals surface area contributed by atoms with E-state index in [9.17, 15) is 10.2 Å². The number of hydrogen-bond acceptors (Lipinski definition) is 9. The van der Waals surface area contributed by atoms with Crippen molar-refractivity contribution in [3.8, 4) is 0 Å². The van der Waals surface area contributed by atoms with Gasteiger partial charge in [0.1, 0.15) is 24.2 Å². The number of rotatable bonds is 7. The number of fused-ring (bicyclic) bond motifs is 1. The molecule has 2 heterocycles. The lowest BCUT2D eigenvalue weighted by atomic mass is 9.93. The van der Waals surface area contributed by atoms with Gasteiger partial charge in [-0.15, -0.1) is 11.8 Å². The number of hydrogen-bond donors (Lipinski definition) is 5. The zero-order valence-corrected chi connectivity index (χ0v) is 15.4. The van der Waals surface area contributed by atoms with Crippen LogP contribution in [-0.4, -0.2) is 55.8 Å². The normalized spacial score (nSPS) is 17.4. The van der Waals surface area contributed by atoms with E-state index in [1.807, 2.05) is 31.2 Å². The van der Waals surface area contributed by atoms with Gasteiger partial charge in [0.25, 0.3) is 0 Å². The molecule has 1 aromatic heterocycles. The van der Waals surface area contributed by atoms with E-state index in [1.54, 1.807) is 0 Å². The minimum absolute atomic E-state index is 0.0592. The fourth-order valence-corrected chi connectivity index (χ4v) is 3.65. The molecule has 0 amide bonds. The summed E-state index contributed by atoms with van der Waals surface area (Å²) in [6, 6.07) is 7.81. The van der Waals surface area contributed by atoms with Crippen LogP contribution in [0.15, 0.2) is 40.5 Å². The molecule has 3 atom stereocenters. The SMILES string of the molecule is Cc1cccc(SCC(=N)[C@H](O)[C@H](O)C(=N)C2C=Nc3c(N)ncnc32)c1. The number of thioether (sulfide) groups is 1. The lowest BCUT2D eigenvalue weighted by Crippen LogP contribution is -2.42. The van der Waals surface area contributed by atoms with Crippen molar-refractivity contribution in [1.29, 1.82) is 10.8 Å². The van der Waals surface area contributed by atoms with Crippen LogP contribution >= 0.6 is 11.8 Å². The minimum Gasteiger partial charge on any atom is -0.384 e. The summed E-state index contributed by atoms with van der Waals surface area (Å²) in [5.74, 6) is -0.296. The van der Waals surface area contributed by atoms with Gasteiger partial charge in [0.05, 0.1) is 23.0 Å². The summed E-state index contributed by atoms with van der Waals surface area (Å²) in [5.41, 5.74) is 7.39. The summed E-state index contributed by atoms with van der Waals surface area (Å²) in [5, 5.41) is 37.0. The van der Waals surface area contributed by atoms with E-state index in [0.29, 0.717) is 11.4 Å². The number of nitrogen functional groups attached to an aromatic ring is 1. The van der Waals surface area contributed by atoms with Gasteiger partial charge in [0.2, 0.25) is 0 Å². The van der Waals surface area contributed by atoms with Gasteiger partial charge < -0.3 is 26.8 Å². The molecule has 27 heavy (non-hydrogen) atoms. The van der Waals surface area contributed by atoms with Gasteiger partial charge in [-0.05, 0) is 19.1 Å². The molecule has 6 N–H and O–H groups in total. The van der Waals surface area contributed by atoms with E-state index in [2.05, 4.69) is 15.0 Å². The van der Waals surface area contributed by atoms with Gasteiger partial charge in [0, 0.05) is 16.9 Å². The number of aromatic nitrogens is 2. The second-order valence-corrected chi connectivity index (χ2v) is 7.27. The number of anilines is 1. The third-order valence-corrected chi connectivity index (χ3v) is 5.26. The van der Waals surface area contributed by atoms with Crippen molar-refractivity contribution in [1.82, 2.24) is 9.97 Å². The maximum atomic E-state index is 10.4. The third-order valence-electron chi connectivity index (χ3n) is 4.22. The summed E-state index contributed by atoms with van der Waals surface area (Å²) >= 11 is 1.39. The smallest absolute Gasteiger partial charge is 0.153 e. The lowest BCUT2D eigenvalue weighted by Gasteiger charge is -2.22. The fraction of sp³-hybridized carbons (Fsp3) is 0.278. The molecule has 0 fully saturated rings. The van der Waals surface area contributed by atoms with Gasteiger partial charge in [0.15, 0.2) is 5.82 Å². The predicted octanol–water partition coefficient (Wildman–Crippen LogP) is 1.72. The first-order valence-electron chi connectivity index (χ1n) is 8.24. The lowest BCUT2D eigenvalue weighted by molar-refractivity contribution is 0.103. The molecule has 0 aliphatic carbocycles. The summed E-state index contributed by atoms with van der Waals surface area (Å²) in [7, 11) is 0. The van der Waals surface area contributed by atoms with Crippen molar-refractivity contribution >= 4 is 40.9 Å². The Kier molecular flexibility index (Phi) is 5.64. The van der Waals surface area contributed by atoms with Crippen LogP contribution in [0.25, 0.3) is 0 Å². The molecule has 9 heteroatoms. The molecule has 1 aliphatic rings. The Hall–Kier alpha value is -2.62. The summed E-state index contributed by atoms with van der Waals surface area (Å²) in [6.07, 6.45) is -0.299. The van der Waals surface area contributed by atoms with Crippen molar-refractivity contribution in [3.63, 3.8) is 0 Å². The van der Waals surface area contributed by atoms with Crippen LogP contribution in [0, 0.1) is 17.7 Å². The topological polar surface area (TPSA) is 152 Å². The van der Waals surface area contributed by atoms with Crippen LogP contribution in [0.1, 0.15) is 17.2 Å². The molecular weight excluding hydrogens is 364 g/mol. The van der Waals surface area contributed by atoms with Crippen molar-refractivity contribution in [2.24, 2.45) is 4.99 Å². The first-order valence-corrected chi connectivity index (χ1v) is 9.23. The molecule has 2 aromatic rings. The molecule has 0 spiro atoms. The molecule has 0 saturated heterocycles. The average molecular weight is 384 g/mol. The molecule has 1 aromatic carbocycles. The molecule has 1 aliphatic heterocycles. The van der Waals surface area contributed by atoms with E-state index >= 15 is 0 Å². The van der Waals surface area contributed by atoms with E-state index in [0.717, 1.165) is 10.5 Å². The van der Waals surface area contributed by atoms with Gasteiger partial charge in [-0.3, -0.25) is 4.99 Å². The Labute approximate surface area is 160 Å². The molecule has 140 valence electrons. The summed E-state index contributed by atoms with van der Waals surface area (Å²) < 4.78 is 0. The summed E-state index contributed by atoms with van der Waals surface area (Å²) in [6.45, 7) is 1.98. The van der Waals surface area contributed by atoms with E-state index in [4.69, 9.17) is 16.6 Å². The highest BCUT2D eigenvalue weighted by molar-refractivity contribution is 8.00. The van der Waals surface area contributed by atoms with E-state index in [1.165, 1.54) is 24.3 Å². The van der Waals surface area contributed by atoms with Gasteiger partial charge >= 0.3 is 0 Å². The van der Waals surface area contributed by atoms with Crippen LogP contribution < -0.4 is 5.73 Å². The fourth-order valence-electron chi connectivity index (χ4n) is 2.71. The predicted molar refractivity (Wildman–Crippen MR) is 107 cm³/mol. The van der Waals surface area contributed by atoms with Crippen molar-refractivity contribution in [3.05, 3.63) is 41.9 Å². The number of aliphatic imine (C=N–C) groups is 1. The summed E-state index contributed by atoms with van der Waals surface area (Å²) in [4.78, 5) is 13.0. The molecule has 0 bridgehead atoms. The maximum Gasteiger partial charge on any atom is 0.153 e. The highest BCUT2D eigenvalue weighted by Gasteiger charge is 2.34. The Morgan fingerprint density at radius 2 is 2.04 bits per heavy atom. The van der Waals surface area contributed by atoms with Gasteiger partial charge in [-0.25, -0.2) is 9.97 Å². The third kappa shape index (κ3) is 4.05. The number of benzene rings is 1. The van der Waals surface area contributed by atoms with Crippen molar-refractivity contribution in [2.45, 2.75) is 29.9 Å². The zero-order valence-electron chi connectivity index (χ0n) is 14.6. The van der Waals surface area contributed by atoms with E-state index < -0.39 is 18.1 Å². The zero-order chi connectivity index (χ0) is 19.6. The molecule has 8 nitrogen and oxygen atoms in total. The van der Waals surface area contributed by atoms with Crippen molar-refractivity contribution < 1.29 is 10.2 Å². The minimum atomic E-state index is -1.53. The maximum absolute atomic E-state index is 10.4. The molecular formula is C18H20N6O2S.